The van der Waals surface area contributed by atoms with Crippen molar-refractivity contribution in [1.82, 2.24) is 20.2 Å². The summed E-state index contributed by atoms with van der Waals surface area (Å²) in [6.07, 6.45) is 4.29. The van der Waals surface area contributed by atoms with Crippen molar-refractivity contribution in [2.45, 2.75) is 25.2 Å². The lowest BCUT2D eigenvalue weighted by atomic mass is 10.00. The number of rotatable bonds is 5. The summed E-state index contributed by atoms with van der Waals surface area (Å²) < 4.78 is 32.1. The van der Waals surface area contributed by atoms with E-state index in [9.17, 15) is 8.78 Å². The molecule has 3 rings (SSSR count). The molecule has 8 heteroatoms. The SMILES string of the molecule is Fc1cncc(F)c1NCCc1nc(C2CCOCC2)n[nH]1. The third kappa shape index (κ3) is 3.38. The second kappa shape index (κ2) is 6.78. The van der Waals surface area contributed by atoms with E-state index in [4.69, 9.17) is 4.74 Å². The van der Waals surface area contributed by atoms with Gasteiger partial charge in [0.15, 0.2) is 17.5 Å². The number of nitrogens with one attached hydrogen (secondary N) is 2. The molecule has 22 heavy (non-hydrogen) atoms. The lowest BCUT2D eigenvalue weighted by Gasteiger charge is -2.18. The lowest BCUT2D eigenvalue weighted by molar-refractivity contribution is 0.0836. The van der Waals surface area contributed by atoms with Gasteiger partial charge < -0.3 is 10.1 Å². The van der Waals surface area contributed by atoms with E-state index in [0.717, 1.165) is 44.3 Å². The van der Waals surface area contributed by atoms with Gasteiger partial charge in [0.05, 0.1) is 12.4 Å². The van der Waals surface area contributed by atoms with Crippen molar-refractivity contribution >= 4 is 5.69 Å². The summed E-state index contributed by atoms with van der Waals surface area (Å²) in [5, 5.41) is 9.82. The van der Waals surface area contributed by atoms with Crippen molar-refractivity contribution in [3.8, 4) is 0 Å². The largest absolute Gasteiger partial charge is 0.381 e. The second-order valence-electron chi connectivity index (χ2n) is 5.18. The Morgan fingerprint density at radius 2 is 1.95 bits per heavy atom. The molecular formula is C14H17F2N5O. The van der Waals surface area contributed by atoms with Gasteiger partial charge in [0.1, 0.15) is 11.5 Å². The Bertz CT molecular complexity index is 607. The average Bonchev–Trinajstić information content (AvgIpc) is 3.00. The fourth-order valence-electron chi connectivity index (χ4n) is 2.45. The van der Waals surface area contributed by atoms with E-state index < -0.39 is 11.6 Å². The molecule has 3 heterocycles. The molecule has 2 N–H and O–H groups in total. The molecule has 6 nitrogen and oxygen atoms in total. The number of anilines is 1. The highest BCUT2D eigenvalue weighted by atomic mass is 19.1. The molecule has 2 aromatic rings. The highest BCUT2D eigenvalue weighted by Crippen LogP contribution is 2.23. The van der Waals surface area contributed by atoms with Crippen LogP contribution in [0.5, 0.6) is 0 Å². The number of H-pyrrole nitrogens is 1. The van der Waals surface area contributed by atoms with Gasteiger partial charge in [-0.2, -0.15) is 5.10 Å². The van der Waals surface area contributed by atoms with Crippen molar-refractivity contribution < 1.29 is 13.5 Å². The molecule has 0 spiro atoms. The molecule has 0 amide bonds. The zero-order chi connectivity index (χ0) is 15.4. The first-order chi connectivity index (χ1) is 10.7. The fraction of sp³-hybridized carbons (Fsp3) is 0.500. The number of hydrogen-bond donors (Lipinski definition) is 2. The monoisotopic (exact) mass is 309 g/mol. The van der Waals surface area contributed by atoms with Gasteiger partial charge in [0.25, 0.3) is 0 Å². The Balaban J connectivity index is 1.55. The van der Waals surface area contributed by atoms with E-state index >= 15 is 0 Å². The first kappa shape index (κ1) is 14.8. The van der Waals surface area contributed by atoms with Gasteiger partial charge in [-0.25, -0.2) is 13.8 Å². The summed E-state index contributed by atoms with van der Waals surface area (Å²) in [7, 11) is 0. The third-order valence-corrected chi connectivity index (χ3v) is 3.65. The van der Waals surface area contributed by atoms with Crippen LogP contribution in [0.1, 0.15) is 30.4 Å². The van der Waals surface area contributed by atoms with Gasteiger partial charge in [0.2, 0.25) is 0 Å². The van der Waals surface area contributed by atoms with Crippen LogP contribution in [0.25, 0.3) is 0 Å². The van der Waals surface area contributed by atoms with E-state index in [2.05, 4.69) is 25.5 Å². The Morgan fingerprint density at radius 1 is 1.23 bits per heavy atom. The van der Waals surface area contributed by atoms with Crippen LogP contribution in [0.2, 0.25) is 0 Å². The van der Waals surface area contributed by atoms with Crippen LogP contribution in [-0.4, -0.2) is 39.9 Å². The first-order valence-electron chi connectivity index (χ1n) is 7.26. The maximum absolute atomic E-state index is 13.4. The summed E-state index contributed by atoms with van der Waals surface area (Å²) in [5.74, 6) is 0.395. The maximum atomic E-state index is 13.4. The molecule has 0 saturated carbocycles. The molecule has 0 aliphatic carbocycles. The molecule has 1 aliphatic rings. The minimum Gasteiger partial charge on any atom is -0.381 e. The average molecular weight is 309 g/mol. The first-order valence-corrected chi connectivity index (χ1v) is 7.26. The van der Waals surface area contributed by atoms with E-state index in [1.807, 2.05) is 0 Å². The van der Waals surface area contributed by atoms with Crippen molar-refractivity contribution in [2.24, 2.45) is 0 Å². The second-order valence-corrected chi connectivity index (χ2v) is 5.18. The predicted molar refractivity (Wildman–Crippen MR) is 75.5 cm³/mol. The van der Waals surface area contributed by atoms with Gasteiger partial charge in [-0.15, -0.1) is 0 Å². The number of halogens is 2. The Hall–Kier alpha value is -2.09. The fourth-order valence-corrected chi connectivity index (χ4v) is 2.45. The zero-order valence-corrected chi connectivity index (χ0v) is 12.0. The summed E-state index contributed by atoms with van der Waals surface area (Å²) in [6.45, 7) is 1.81. The van der Waals surface area contributed by atoms with E-state index in [1.165, 1.54) is 0 Å². The van der Waals surface area contributed by atoms with E-state index in [-0.39, 0.29) is 5.69 Å². The topological polar surface area (TPSA) is 75.7 Å². The number of ether oxygens (including phenoxy) is 1. The van der Waals surface area contributed by atoms with Crippen LogP contribution in [0, 0.1) is 11.6 Å². The number of aromatic nitrogens is 4. The quantitative estimate of drug-likeness (QED) is 0.884. The normalized spacial score (nSPS) is 15.9. The minimum absolute atomic E-state index is 0.167. The van der Waals surface area contributed by atoms with E-state index in [0.29, 0.717) is 24.7 Å². The van der Waals surface area contributed by atoms with Crippen molar-refractivity contribution in [1.29, 1.82) is 0 Å². The standard InChI is InChI=1S/C14H17F2N5O/c15-10-7-17-8-11(16)13(10)18-4-1-12-19-14(21-20-12)9-2-5-22-6-3-9/h7-9H,1-6H2,(H,17,18)(H,19,20,21). The molecule has 1 aliphatic heterocycles. The number of aromatic amines is 1. The third-order valence-electron chi connectivity index (χ3n) is 3.65. The number of pyridine rings is 1. The Labute approximate surface area is 126 Å². The van der Waals surface area contributed by atoms with Crippen LogP contribution in [0.4, 0.5) is 14.5 Å². The van der Waals surface area contributed by atoms with Crippen LogP contribution in [0.3, 0.4) is 0 Å². The minimum atomic E-state index is -0.708. The predicted octanol–water partition coefficient (Wildman–Crippen LogP) is 2.03. The molecule has 2 aromatic heterocycles. The molecule has 0 bridgehead atoms. The van der Waals surface area contributed by atoms with Crippen LogP contribution >= 0.6 is 0 Å². The van der Waals surface area contributed by atoms with Gasteiger partial charge in [-0.3, -0.25) is 10.1 Å². The van der Waals surface area contributed by atoms with Crippen molar-refractivity contribution in [3.63, 3.8) is 0 Å². The zero-order valence-electron chi connectivity index (χ0n) is 12.0. The van der Waals surface area contributed by atoms with Crippen molar-refractivity contribution in [2.75, 3.05) is 25.1 Å². The smallest absolute Gasteiger partial charge is 0.167 e. The van der Waals surface area contributed by atoms with Crippen LogP contribution in [0.15, 0.2) is 12.4 Å². The summed E-state index contributed by atoms with van der Waals surface area (Å²) in [6, 6.07) is 0. The molecular weight excluding hydrogens is 292 g/mol. The lowest BCUT2D eigenvalue weighted by Crippen LogP contribution is -2.15. The van der Waals surface area contributed by atoms with Gasteiger partial charge in [-0.1, -0.05) is 0 Å². The highest BCUT2D eigenvalue weighted by Gasteiger charge is 2.20. The van der Waals surface area contributed by atoms with E-state index in [1.54, 1.807) is 0 Å². The summed E-state index contributed by atoms with van der Waals surface area (Å²) in [5.41, 5.74) is -0.167. The van der Waals surface area contributed by atoms with Crippen molar-refractivity contribution in [3.05, 3.63) is 35.7 Å². The Kier molecular flexibility index (Phi) is 4.57. The van der Waals surface area contributed by atoms with Gasteiger partial charge in [-0.05, 0) is 12.8 Å². The number of nitrogens with zero attached hydrogens (tertiary/aromatic N) is 3. The molecule has 0 aromatic carbocycles. The maximum Gasteiger partial charge on any atom is 0.167 e. The highest BCUT2D eigenvalue weighted by molar-refractivity contribution is 5.44. The molecule has 0 unspecified atom stereocenters. The van der Waals surface area contributed by atoms with Gasteiger partial charge in [0, 0.05) is 32.1 Å². The molecule has 118 valence electrons. The number of hydrogen-bond acceptors (Lipinski definition) is 5. The summed E-state index contributed by atoms with van der Waals surface area (Å²) >= 11 is 0. The molecule has 0 atom stereocenters. The molecule has 1 saturated heterocycles. The molecule has 0 radical (unpaired) electrons. The summed E-state index contributed by atoms with van der Waals surface area (Å²) in [4.78, 5) is 7.88. The van der Waals surface area contributed by atoms with Crippen LogP contribution in [-0.2, 0) is 11.2 Å². The van der Waals surface area contributed by atoms with Gasteiger partial charge >= 0.3 is 0 Å². The molecule has 1 fully saturated rings. The Morgan fingerprint density at radius 3 is 2.68 bits per heavy atom. The van der Waals surface area contributed by atoms with Crippen LogP contribution < -0.4 is 5.32 Å².